The number of hydrogen-bond donors (Lipinski definition) is 0. The topological polar surface area (TPSA) is 18.5 Å². The van der Waals surface area contributed by atoms with Gasteiger partial charge in [0.05, 0.1) is 5.60 Å². The van der Waals surface area contributed by atoms with Crippen LogP contribution in [-0.2, 0) is 4.43 Å². The molecule has 5 aliphatic rings. The lowest BCUT2D eigenvalue weighted by molar-refractivity contribution is -0.0663. The van der Waals surface area contributed by atoms with Crippen LogP contribution in [0.4, 0.5) is 0 Å². The van der Waals surface area contributed by atoms with E-state index in [0.717, 1.165) is 23.3 Å². The van der Waals surface area contributed by atoms with E-state index in [1.807, 2.05) is 0 Å². The van der Waals surface area contributed by atoms with Crippen molar-refractivity contribution in [1.82, 2.24) is 0 Å². The molecule has 0 amide bonds. The van der Waals surface area contributed by atoms with E-state index in [0.29, 0.717) is 5.92 Å². The summed E-state index contributed by atoms with van der Waals surface area (Å²) in [5.74, 6) is 4.27. The third-order valence-corrected chi connectivity index (χ3v) is 13.6. The molecule has 4 bridgehead atoms. The van der Waals surface area contributed by atoms with Gasteiger partial charge in [-0.05, 0) is 91.3 Å². The van der Waals surface area contributed by atoms with Gasteiger partial charge in [0.1, 0.15) is 11.5 Å². The van der Waals surface area contributed by atoms with Crippen molar-refractivity contribution >= 4 is 13.9 Å². The van der Waals surface area contributed by atoms with E-state index in [9.17, 15) is 0 Å². The highest BCUT2D eigenvalue weighted by Gasteiger charge is 2.59. The second-order valence-electron chi connectivity index (χ2n) is 12.3. The molecule has 0 N–H and O–H groups in total. The van der Waals surface area contributed by atoms with Gasteiger partial charge in [-0.3, -0.25) is 0 Å². The number of hydrogen-bond acceptors (Lipinski definition) is 2. The van der Waals surface area contributed by atoms with Crippen LogP contribution in [0.3, 0.4) is 0 Å². The molecule has 1 heterocycles. The molecule has 1 aliphatic heterocycles. The Balaban J connectivity index is 1.62. The van der Waals surface area contributed by atoms with Crippen molar-refractivity contribution in [3.8, 4) is 11.5 Å². The standard InChI is InChI=1S/C29H36O2Si/c1-28(2,3)32(4,5)31-29-17-19-14-20(18-29)16-21(15-19)27(29)26-22-10-6-8-12-24(22)30-25-13-9-7-11-23(25)26/h6-13,19-21H,14-18H2,1-5H3. The van der Waals surface area contributed by atoms with Crippen molar-refractivity contribution in [3.05, 3.63) is 65.2 Å². The highest BCUT2D eigenvalue weighted by Crippen LogP contribution is 2.64. The Hall–Kier alpha value is -1.84. The Labute approximate surface area is 194 Å². The first-order valence-electron chi connectivity index (χ1n) is 12.5. The molecule has 0 aromatic heterocycles. The quantitative estimate of drug-likeness (QED) is 0.371. The van der Waals surface area contributed by atoms with Gasteiger partial charge in [0.2, 0.25) is 0 Å². The van der Waals surface area contributed by atoms with Crippen LogP contribution in [0.15, 0.2) is 54.1 Å². The van der Waals surface area contributed by atoms with E-state index in [2.05, 4.69) is 82.4 Å². The smallest absolute Gasteiger partial charge is 0.193 e. The lowest BCUT2D eigenvalue weighted by atomic mass is 9.51. The molecule has 0 spiro atoms. The summed E-state index contributed by atoms with van der Waals surface area (Å²) in [4.78, 5) is 0. The lowest BCUT2D eigenvalue weighted by Crippen LogP contribution is -2.59. The summed E-state index contributed by atoms with van der Waals surface area (Å²) >= 11 is 0. The van der Waals surface area contributed by atoms with Gasteiger partial charge in [-0.25, -0.2) is 0 Å². The lowest BCUT2D eigenvalue weighted by Gasteiger charge is -2.61. The predicted molar refractivity (Wildman–Crippen MR) is 134 cm³/mol. The number of ether oxygens (including phenoxy) is 1. The Morgan fingerprint density at radius 3 is 1.91 bits per heavy atom. The maximum Gasteiger partial charge on any atom is 0.193 e. The van der Waals surface area contributed by atoms with Crippen LogP contribution in [0, 0.1) is 17.8 Å². The summed E-state index contributed by atoms with van der Waals surface area (Å²) in [5.41, 5.74) is 5.44. The number of rotatable bonds is 2. The summed E-state index contributed by atoms with van der Waals surface area (Å²) in [5, 5.41) is 0.206. The fourth-order valence-corrected chi connectivity index (χ4v) is 8.59. The molecule has 2 nitrogen and oxygen atoms in total. The molecule has 2 aromatic rings. The molecule has 0 radical (unpaired) electrons. The summed E-state index contributed by atoms with van der Waals surface area (Å²) in [6.45, 7) is 12.0. The normalized spacial score (nSPS) is 30.7. The van der Waals surface area contributed by atoms with E-state index < -0.39 is 8.32 Å². The largest absolute Gasteiger partial charge is 0.456 e. The molecule has 4 aliphatic carbocycles. The van der Waals surface area contributed by atoms with Gasteiger partial charge in [-0.2, -0.15) is 0 Å². The SMILES string of the molecule is CC(C)(C)[Si](C)(C)OC12CC3CC(CC(C3)C1=C1c3ccccc3Oc3ccccc31)C2. The summed E-state index contributed by atoms with van der Waals surface area (Å²) in [7, 11) is -1.94. The number of para-hydroxylation sites is 2. The predicted octanol–water partition coefficient (Wildman–Crippen LogP) is 8.19. The van der Waals surface area contributed by atoms with E-state index >= 15 is 0 Å². The molecule has 0 saturated heterocycles. The molecule has 3 heteroatoms. The van der Waals surface area contributed by atoms with Crippen LogP contribution in [0.2, 0.25) is 18.1 Å². The van der Waals surface area contributed by atoms with Crippen LogP contribution >= 0.6 is 0 Å². The van der Waals surface area contributed by atoms with Gasteiger partial charge in [0.15, 0.2) is 8.32 Å². The summed E-state index contributed by atoms with van der Waals surface area (Å²) in [6, 6.07) is 17.3. The van der Waals surface area contributed by atoms with Crippen molar-refractivity contribution in [3.63, 3.8) is 0 Å². The average Bonchev–Trinajstić information content (AvgIpc) is 2.71. The van der Waals surface area contributed by atoms with E-state index in [-0.39, 0.29) is 10.6 Å². The van der Waals surface area contributed by atoms with Crippen molar-refractivity contribution in [2.24, 2.45) is 17.8 Å². The molecule has 2 aromatic carbocycles. The van der Waals surface area contributed by atoms with Crippen LogP contribution < -0.4 is 4.74 Å². The summed E-state index contributed by atoms with van der Waals surface area (Å²) < 4.78 is 13.9. The zero-order valence-electron chi connectivity index (χ0n) is 20.2. The third-order valence-electron chi connectivity index (χ3n) is 9.10. The van der Waals surface area contributed by atoms with Crippen LogP contribution in [0.25, 0.3) is 5.57 Å². The van der Waals surface area contributed by atoms with E-state index in [1.165, 1.54) is 48.8 Å². The van der Waals surface area contributed by atoms with Crippen molar-refractivity contribution < 1.29 is 9.16 Å². The molecule has 32 heavy (non-hydrogen) atoms. The molecule has 4 saturated carbocycles. The second kappa shape index (κ2) is 6.83. The van der Waals surface area contributed by atoms with Gasteiger partial charge >= 0.3 is 0 Å². The van der Waals surface area contributed by atoms with Crippen molar-refractivity contribution in [2.45, 2.75) is 76.6 Å². The third kappa shape index (κ3) is 3.00. The highest BCUT2D eigenvalue weighted by molar-refractivity contribution is 6.74. The van der Waals surface area contributed by atoms with Crippen LogP contribution in [0.1, 0.15) is 64.0 Å². The summed E-state index contributed by atoms with van der Waals surface area (Å²) in [6.07, 6.45) is 6.50. The van der Waals surface area contributed by atoms with Gasteiger partial charge in [0, 0.05) is 11.1 Å². The Bertz CT molecular complexity index is 1040. The first kappa shape index (κ1) is 20.7. The van der Waals surface area contributed by atoms with Crippen molar-refractivity contribution in [1.29, 1.82) is 0 Å². The second-order valence-corrected chi connectivity index (χ2v) is 17.0. The van der Waals surface area contributed by atoms with Crippen LogP contribution in [0.5, 0.6) is 11.5 Å². The molecule has 7 rings (SSSR count). The van der Waals surface area contributed by atoms with Gasteiger partial charge in [0.25, 0.3) is 0 Å². The maximum atomic E-state index is 7.54. The molecular formula is C29H36O2Si. The zero-order chi connectivity index (χ0) is 22.3. The minimum Gasteiger partial charge on any atom is -0.456 e. The van der Waals surface area contributed by atoms with Crippen LogP contribution in [-0.4, -0.2) is 13.9 Å². The molecule has 4 fully saturated rings. The minimum absolute atomic E-state index is 0.106. The fourth-order valence-electron chi connectivity index (χ4n) is 7.03. The first-order chi connectivity index (χ1) is 15.2. The van der Waals surface area contributed by atoms with Gasteiger partial charge < -0.3 is 9.16 Å². The molecule has 2 unspecified atom stereocenters. The van der Waals surface area contributed by atoms with E-state index in [4.69, 9.17) is 9.16 Å². The zero-order valence-corrected chi connectivity index (χ0v) is 21.2. The fraction of sp³-hybridized carbons (Fsp3) is 0.517. The van der Waals surface area contributed by atoms with E-state index in [1.54, 1.807) is 5.57 Å². The minimum atomic E-state index is -1.94. The first-order valence-corrected chi connectivity index (χ1v) is 15.4. The number of benzene rings is 2. The van der Waals surface area contributed by atoms with Gasteiger partial charge in [-0.1, -0.05) is 57.2 Å². The van der Waals surface area contributed by atoms with Gasteiger partial charge in [-0.15, -0.1) is 0 Å². The Morgan fingerprint density at radius 1 is 0.844 bits per heavy atom. The maximum absolute atomic E-state index is 7.54. The molecular weight excluding hydrogens is 408 g/mol. The monoisotopic (exact) mass is 444 g/mol. The highest BCUT2D eigenvalue weighted by atomic mass is 28.4. The van der Waals surface area contributed by atoms with Crippen molar-refractivity contribution in [2.75, 3.05) is 0 Å². The number of fused-ring (bicyclic) bond motifs is 2. The Kier molecular flexibility index (Phi) is 4.43. The molecule has 2 atom stereocenters. The average molecular weight is 445 g/mol. The Morgan fingerprint density at radius 2 is 1.38 bits per heavy atom. The molecule has 168 valence electrons.